The van der Waals surface area contributed by atoms with Crippen LogP contribution in [0.3, 0.4) is 0 Å². The van der Waals surface area contributed by atoms with Crippen molar-refractivity contribution in [3.05, 3.63) is 5.92 Å². The normalized spacial score (nSPS) is 38.7. The molecule has 2 bridgehead atoms. The van der Waals surface area contributed by atoms with E-state index in [2.05, 4.69) is 13.8 Å². The van der Waals surface area contributed by atoms with Crippen LogP contribution >= 0.6 is 0 Å². The topological polar surface area (TPSA) is 26.3 Å². The van der Waals surface area contributed by atoms with E-state index in [1.165, 1.54) is 26.4 Å². The second kappa shape index (κ2) is 5.61. The molecule has 0 spiro atoms. The van der Waals surface area contributed by atoms with E-state index in [-0.39, 0.29) is 38.7 Å². The Hall–Kier alpha value is 0.444. The van der Waals surface area contributed by atoms with E-state index in [0.717, 1.165) is 30.1 Å². The van der Waals surface area contributed by atoms with Gasteiger partial charge in [0.15, 0.2) is 5.97 Å². The van der Waals surface area contributed by atoms with Gasteiger partial charge in [-0.15, -0.1) is 0 Å². The first-order valence-corrected chi connectivity index (χ1v) is 6.39. The second-order valence-electron chi connectivity index (χ2n) is 6.01. The molecule has 2 nitrogen and oxygen atoms in total. The van der Waals surface area contributed by atoms with Crippen molar-refractivity contribution in [1.29, 1.82) is 0 Å². The maximum Gasteiger partial charge on any atom is 0.169 e. The molecule has 2 aliphatic rings. The van der Waals surface area contributed by atoms with E-state index < -0.39 is 0 Å². The number of fused-ring (bicyclic) bond motifs is 2. The van der Waals surface area contributed by atoms with Gasteiger partial charge in [0.05, 0.1) is 7.11 Å². The van der Waals surface area contributed by atoms with Crippen molar-refractivity contribution in [2.24, 2.45) is 23.2 Å². The molecule has 0 amide bonds. The zero-order valence-corrected chi connectivity index (χ0v) is 14.3. The minimum Gasteiger partial charge on any atom is -0.491 e. The van der Waals surface area contributed by atoms with Crippen molar-refractivity contribution in [3.63, 3.8) is 0 Å². The van der Waals surface area contributed by atoms with E-state index in [9.17, 15) is 4.79 Å². The molecule has 0 aliphatic heterocycles. The molecule has 4 atom stereocenters. The van der Waals surface area contributed by atoms with E-state index >= 15 is 0 Å². The molecule has 0 aromatic heterocycles. The van der Waals surface area contributed by atoms with Gasteiger partial charge in [-0.25, -0.2) is 0 Å². The molecule has 0 saturated heterocycles. The fourth-order valence-corrected chi connectivity index (χ4v) is 4.10. The van der Waals surface area contributed by atoms with Crippen molar-refractivity contribution in [2.75, 3.05) is 7.11 Å². The van der Waals surface area contributed by atoms with Gasteiger partial charge in [0.1, 0.15) is 0 Å². The summed E-state index contributed by atoms with van der Waals surface area (Å²) in [6, 6.07) is 0. The predicted molar refractivity (Wildman–Crippen MR) is 63.7 cm³/mol. The summed E-state index contributed by atoms with van der Waals surface area (Å²) in [4.78, 5) is 11.5. The van der Waals surface area contributed by atoms with Crippen LogP contribution in [0.1, 0.15) is 46.5 Å². The maximum absolute atomic E-state index is 11.5. The second-order valence-corrected chi connectivity index (χ2v) is 6.01. The van der Waals surface area contributed by atoms with Crippen molar-refractivity contribution in [2.45, 2.75) is 46.5 Å². The molecule has 1 radical (unpaired) electrons. The Morgan fingerprint density at radius 2 is 2.12 bits per heavy atom. The average Bonchev–Trinajstić information content (AvgIpc) is 2.82. The van der Waals surface area contributed by atoms with Gasteiger partial charge in [0, 0.05) is 32.7 Å². The molecular formula is C14H23O2Y-. The Kier molecular flexibility index (Phi) is 5.11. The largest absolute Gasteiger partial charge is 0.491 e. The van der Waals surface area contributed by atoms with Crippen LogP contribution in [-0.4, -0.2) is 13.1 Å². The molecule has 2 saturated carbocycles. The Labute approximate surface area is 130 Å². The molecule has 4 unspecified atom stereocenters. The summed E-state index contributed by atoms with van der Waals surface area (Å²) >= 11 is 0. The minimum atomic E-state index is -0.129. The van der Waals surface area contributed by atoms with Gasteiger partial charge in [0.25, 0.3) is 0 Å². The molecule has 2 fully saturated rings. The number of ether oxygens (including phenoxy) is 1. The third-order valence-corrected chi connectivity index (χ3v) is 5.33. The molecule has 17 heavy (non-hydrogen) atoms. The first kappa shape index (κ1) is 15.5. The maximum atomic E-state index is 11.5. The van der Waals surface area contributed by atoms with Crippen LogP contribution in [0.2, 0.25) is 0 Å². The first-order chi connectivity index (χ1) is 7.49. The van der Waals surface area contributed by atoms with Crippen LogP contribution in [-0.2, 0) is 42.2 Å². The fourth-order valence-electron chi connectivity index (χ4n) is 4.10. The summed E-state index contributed by atoms with van der Waals surface area (Å²) in [5, 5.41) is 0. The van der Waals surface area contributed by atoms with Gasteiger partial charge >= 0.3 is 0 Å². The first-order valence-electron chi connectivity index (χ1n) is 6.39. The van der Waals surface area contributed by atoms with Crippen LogP contribution in [0.5, 0.6) is 0 Å². The van der Waals surface area contributed by atoms with Gasteiger partial charge in [-0.3, -0.25) is 10.7 Å². The molecule has 95 valence electrons. The smallest absolute Gasteiger partial charge is 0.169 e. The van der Waals surface area contributed by atoms with Crippen molar-refractivity contribution < 1.29 is 42.2 Å². The number of methoxy groups -OCH3 is 1. The molecule has 0 heterocycles. The Balaban J connectivity index is 0.00000144. The number of carbonyl (C=O) groups excluding carboxylic acids is 1. The van der Waals surface area contributed by atoms with E-state index in [1.54, 1.807) is 0 Å². The molecule has 2 rings (SSSR count). The minimum absolute atomic E-state index is 0. The Bertz CT molecular complexity index is 288. The third kappa shape index (κ3) is 2.58. The van der Waals surface area contributed by atoms with E-state index in [4.69, 9.17) is 4.74 Å². The summed E-state index contributed by atoms with van der Waals surface area (Å²) in [7, 11) is 1.47. The Morgan fingerprint density at radius 3 is 2.59 bits per heavy atom. The van der Waals surface area contributed by atoms with Crippen molar-refractivity contribution >= 4 is 5.97 Å². The van der Waals surface area contributed by atoms with Crippen molar-refractivity contribution in [1.82, 2.24) is 0 Å². The SMILES string of the molecule is COC(=O)[C-](C)CC1(C)C2CCC(C2)C1C.[Y]. The summed E-state index contributed by atoms with van der Waals surface area (Å²) in [5.41, 5.74) is 0.335. The molecule has 3 heteroatoms. The standard InChI is InChI=1S/C14H23O2.Y/c1-9(13(15)16-4)8-14(3)10(2)11-5-6-12(14)7-11;/h10-12H,5-8H2,1-4H3;/q-1;. The monoisotopic (exact) mass is 312 g/mol. The number of hydrogen-bond acceptors (Lipinski definition) is 2. The van der Waals surface area contributed by atoms with Crippen LogP contribution in [0.25, 0.3) is 0 Å². The van der Waals surface area contributed by atoms with Crippen LogP contribution in [0, 0.1) is 29.1 Å². The Morgan fingerprint density at radius 1 is 1.47 bits per heavy atom. The van der Waals surface area contributed by atoms with Crippen LogP contribution < -0.4 is 0 Å². The molecule has 0 aromatic rings. The zero-order valence-electron chi connectivity index (χ0n) is 11.5. The van der Waals surface area contributed by atoms with Crippen LogP contribution in [0.4, 0.5) is 0 Å². The van der Waals surface area contributed by atoms with Crippen molar-refractivity contribution in [3.8, 4) is 0 Å². The molecule has 0 aromatic carbocycles. The van der Waals surface area contributed by atoms with Gasteiger partial charge in [-0.1, -0.05) is 19.3 Å². The average molecular weight is 312 g/mol. The van der Waals surface area contributed by atoms with E-state index in [0.29, 0.717) is 5.41 Å². The van der Waals surface area contributed by atoms with Gasteiger partial charge in [-0.05, 0) is 37.0 Å². The van der Waals surface area contributed by atoms with Crippen LogP contribution in [0.15, 0.2) is 0 Å². The quantitative estimate of drug-likeness (QED) is 0.591. The number of rotatable bonds is 3. The number of hydrogen-bond donors (Lipinski definition) is 0. The third-order valence-electron chi connectivity index (χ3n) is 5.33. The summed E-state index contributed by atoms with van der Waals surface area (Å²) in [6.07, 6.45) is 5.06. The molecule has 2 aliphatic carbocycles. The van der Waals surface area contributed by atoms with Gasteiger partial charge < -0.3 is 4.74 Å². The molecule has 0 N–H and O–H groups in total. The summed E-state index contributed by atoms with van der Waals surface area (Å²) in [5.74, 6) is 3.25. The number of carbonyl (C=O) groups is 1. The predicted octanol–water partition coefficient (Wildman–Crippen LogP) is 3.21. The fraction of sp³-hybridized carbons (Fsp3) is 0.857. The van der Waals surface area contributed by atoms with Gasteiger partial charge in [0.2, 0.25) is 0 Å². The number of esters is 1. The van der Waals surface area contributed by atoms with E-state index in [1.807, 2.05) is 6.92 Å². The zero-order chi connectivity index (χ0) is 11.9. The summed E-state index contributed by atoms with van der Waals surface area (Å²) < 4.78 is 4.81. The van der Waals surface area contributed by atoms with Gasteiger partial charge in [-0.2, -0.15) is 13.3 Å². The summed E-state index contributed by atoms with van der Waals surface area (Å²) in [6.45, 7) is 6.66. The molecular weight excluding hydrogens is 289 g/mol.